The highest BCUT2D eigenvalue weighted by atomic mass is 79.9. The van der Waals surface area contributed by atoms with E-state index in [1.54, 1.807) is 6.08 Å². The molecular formula is C19H17BrO. The van der Waals surface area contributed by atoms with Gasteiger partial charge in [0.15, 0.2) is 5.78 Å². The van der Waals surface area contributed by atoms with E-state index in [1.165, 1.54) is 0 Å². The van der Waals surface area contributed by atoms with Crippen molar-refractivity contribution < 1.29 is 4.79 Å². The molecular weight excluding hydrogens is 324 g/mol. The highest BCUT2D eigenvalue weighted by Crippen LogP contribution is 2.23. The Balaban J connectivity index is 2.24. The molecule has 1 nitrogen and oxygen atoms in total. The van der Waals surface area contributed by atoms with Crippen LogP contribution in [0.4, 0.5) is 0 Å². The molecule has 0 aliphatic heterocycles. The second-order valence-corrected chi connectivity index (χ2v) is 6.07. The maximum atomic E-state index is 12.2. The maximum absolute atomic E-state index is 12.2. The highest BCUT2D eigenvalue weighted by molar-refractivity contribution is 9.11. The van der Waals surface area contributed by atoms with Crippen molar-refractivity contribution in [3.63, 3.8) is 0 Å². The summed E-state index contributed by atoms with van der Waals surface area (Å²) in [5.74, 6) is 0.0113. The van der Waals surface area contributed by atoms with Gasteiger partial charge in [-0.25, -0.2) is 0 Å². The maximum Gasteiger partial charge on any atom is 0.185 e. The number of allylic oxidation sites excluding steroid dienone is 4. The molecule has 2 aromatic carbocycles. The summed E-state index contributed by atoms with van der Waals surface area (Å²) >= 11 is 3.51. The standard InChI is InChI=1S/C19H17BrO/c1-14-8-10-17(11-9-14)19(21)13-12-18(15(2)20)16-6-4-3-5-7-16/h3-13H,1-2H3. The number of rotatable bonds is 4. The number of ketones is 1. The number of aryl methyl sites for hydroxylation is 1. The largest absolute Gasteiger partial charge is 0.289 e. The fraction of sp³-hybridized carbons (Fsp3) is 0.105. The lowest BCUT2D eigenvalue weighted by Gasteiger charge is -2.04. The Labute approximate surface area is 134 Å². The second-order valence-electron chi connectivity index (χ2n) is 4.88. The van der Waals surface area contributed by atoms with E-state index < -0.39 is 0 Å². The van der Waals surface area contributed by atoms with E-state index in [9.17, 15) is 4.79 Å². The Morgan fingerprint density at radius 2 is 1.52 bits per heavy atom. The Kier molecular flexibility index (Phi) is 5.29. The normalized spacial score (nSPS) is 12.3. The van der Waals surface area contributed by atoms with E-state index in [1.807, 2.05) is 74.5 Å². The molecule has 0 saturated carbocycles. The topological polar surface area (TPSA) is 17.1 Å². The predicted octanol–water partition coefficient (Wildman–Crippen LogP) is 5.56. The molecule has 2 heteroatoms. The van der Waals surface area contributed by atoms with Crippen LogP contribution in [0, 0.1) is 6.92 Å². The van der Waals surface area contributed by atoms with Gasteiger partial charge in [-0.05, 0) is 41.6 Å². The second kappa shape index (κ2) is 7.19. The zero-order valence-electron chi connectivity index (χ0n) is 12.1. The monoisotopic (exact) mass is 340 g/mol. The molecule has 0 unspecified atom stereocenters. The molecule has 0 atom stereocenters. The summed E-state index contributed by atoms with van der Waals surface area (Å²) in [4.78, 5) is 12.2. The Morgan fingerprint density at radius 1 is 0.905 bits per heavy atom. The summed E-state index contributed by atoms with van der Waals surface area (Å²) in [6.07, 6.45) is 3.49. The average Bonchev–Trinajstić information content (AvgIpc) is 2.48. The van der Waals surface area contributed by atoms with Crippen molar-refractivity contribution in [1.82, 2.24) is 0 Å². The first kappa shape index (κ1) is 15.5. The van der Waals surface area contributed by atoms with Crippen molar-refractivity contribution in [1.29, 1.82) is 0 Å². The Bertz CT molecular complexity index is 675. The third-order valence-corrected chi connectivity index (χ3v) is 3.62. The number of benzene rings is 2. The minimum absolute atomic E-state index is 0.0113. The average molecular weight is 341 g/mol. The first-order chi connectivity index (χ1) is 10.1. The van der Waals surface area contributed by atoms with E-state index in [0.717, 1.165) is 21.2 Å². The number of halogens is 1. The van der Waals surface area contributed by atoms with Gasteiger partial charge in [-0.1, -0.05) is 76.1 Å². The van der Waals surface area contributed by atoms with Gasteiger partial charge in [-0.3, -0.25) is 4.79 Å². The molecule has 2 rings (SSSR count). The molecule has 0 N–H and O–H groups in total. The lowest BCUT2D eigenvalue weighted by atomic mass is 10.0. The van der Waals surface area contributed by atoms with Crippen molar-refractivity contribution in [2.45, 2.75) is 13.8 Å². The third kappa shape index (κ3) is 4.27. The summed E-state index contributed by atoms with van der Waals surface area (Å²) in [6, 6.07) is 17.6. The molecule has 0 spiro atoms. The lowest BCUT2D eigenvalue weighted by Crippen LogP contribution is -1.94. The minimum Gasteiger partial charge on any atom is -0.289 e. The molecule has 0 saturated heterocycles. The van der Waals surface area contributed by atoms with E-state index in [0.29, 0.717) is 5.56 Å². The quantitative estimate of drug-likeness (QED) is 0.404. The molecule has 0 aromatic heterocycles. The molecule has 0 radical (unpaired) electrons. The minimum atomic E-state index is 0.0113. The van der Waals surface area contributed by atoms with E-state index >= 15 is 0 Å². The van der Waals surface area contributed by atoms with Crippen LogP contribution >= 0.6 is 15.9 Å². The Morgan fingerprint density at radius 3 is 2.10 bits per heavy atom. The van der Waals surface area contributed by atoms with Crippen molar-refractivity contribution in [2.24, 2.45) is 0 Å². The fourth-order valence-corrected chi connectivity index (χ4v) is 2.36. The van der Waals surface area contributed by atoms with Crippen LogP contribution in [0.2, 0.25) is 0 Å². The molecule has 21 heavy (non-hydrogen) atoms. The van der Waals surface area contributed by atoms with Crippen LogP contribution in [0.25, 0.3) is 5.57 Å². The van der Waals surface area contributed by atoms with Gasteiger partial charge >= 0.3 is 0 Å². The number of hydrogen-bond acceptors (Lipinski definition) is 1. The van der Waals surface area contributed by atoms with Crippen LogP contribution in [0.1, 0.15) is 28.4 Å². The van der Waals surface area contributed by atoms with Gasteiger partial charge in [0, 0.05) is 5.56 Å². The summed E-state index contributed by atoms with van der Waals surface area (Å²) < 4.78 is 1.00. The van der Waals surface area contributed by atoms with Crippen LogP contribution in [-0.2, 0) is 0 Å². The zero-order valence-corrected chi connectivity index (χ0v) is 13.7. The first-order valence-electron chi connectivity index (χ1n) is 6.79. The molecule has 2 aromatic rings. The van der Waals surface area contributed by atoms with E-state index in [2.05, 4.69) is 15.9 Å². The molecule has 106 valence electrons. The molecule has 0 aliphatic carbocycles. The van der Waals surface area contributed by atoms with Crippen molar-refractivity contribution in [3.05, 3.63) is 87.9 Å². The summed E-state index contributed by atoms with van der Waals surface area (Å²) in [5, 5.41) is 0. The van der Waals surface area contributed by atoms with Crippen molar-refractivity contribution >= 4 is 27.3 Å². The van der Waals surface area contributed by atoms with Gasteiger partial charge in [0.2, 0.25) is 0 Å². The molecule has 0 aliphatic rings. The molecule has 0 amide bonds. The Hall–Kier alpha value is -1.93. The first-order valence-corrected chi connectivity index (χ1v) is 7.58. The summed E-state index contributed by atoms with van der Waals surface area (Å²) in [5.41, 5.74) is 3.95. The van der Waals surface area contributed by atoms with Crippen LogP contribution in [0.5, 0.6) is 0 Å². The molecule has 0 bridgehead atoms. The number of carbonyl (C=O) groups is 1. The van der Waals surface area contributed by atoms with E-state index in [4.69, 9.17) is 0 Å². The SMILES string of the molecule is CC(Br)=C(C=CC(=O)c1ccc(C)cc1)c1ccccc1. The van der Waals surface area contributed by atoms with Crippen LogP contribution in [0.15, 0.2) is 71.2 Å². The van der Waals surface area contributed by atoms with Gasteiger partial charge in [0.25, 0.3) is 0 Å². The van der Waals surface area contributed by atoms with Crippen molar-refractivity contribution in [2.75, 3.05) is 0 Å². The van der Waals surface area contributed by atoms with Gasteiger partial charge in [-0.15, -0.1) is 0 Å². The summed E-state index contributed by atoms with van der Waals surface area (Å²) in [7, 11) is 0. The number of hydrogen-bond donors (Lipinski definition) is 0. The predicted molar refractivity (Wildman–Crippen MR) is 92.6 cm³/mol. The van der Waals surface area contributed by atoms with E-state index in [-0.39, 0.29) is 5.78 Å². The number of carbonyl (C=O) groups excluding carboxylic acids is 1. The van der Waals surface area contributed by atoms with Crippen molar-refractivity contribution in [3.8, 4) is 0 Å². The van der Waals surface area contributed by atoms with Crippen LogP contribution in [-0.4, -0.2) is 5.78 Å². The summed E-state index contributed by atoms with van der Waals surface area (Å²) in [6.45, 7) is 3.98. The van der Waals surface area contributed by atoms with Gasteiger partial charge < -0.3 is 0 Å². The molecule has 0 heterocycles. The van der Waals surface area contributed by atoms with Gasteiger partial charge in [-0.2, -0.15) is 0 Å². The van der Waals surface area contributed by atoms with Gasteiger partial charge in [0.1, 0.15) is 0 Å². The fourth-order valence-electron chi connectivity index (χ4n) is 2.00. The zero-order chi connectivity index (χ0) is 15.2. The third-order valence-electron chi connectivity index (χ3n) is 3.19. The smallest absolute Gasteiger partial charge is 0.185 e. The lowest BCUT2D eigenvalue weighted by molar-refractivity contribution is 0.104. The molecule has 0 fully saturated rings. The van der Waals surface area contributed by atoms with Crippen LogP contribution in [0.3, 0.4) is 0 Å². The van der Waals surface area contributed by atoms with Crippen LogP contribution < -0.4 is 0 Å². The van der Waals surface area contributed by atoms with Gasteiger partial charge in [0.05, 0.1) is 0 Å². The highest BCUT2D eigenvalue weighted by Gasteiger charge is 2.04.